The van der Waals surface area contributed by atoms with Crippen LogP contribution < -0.4 is 0 Å². The molecule has 0 unspecified atom stereocenters. The minimum atomic E-state index is -0.952. The molecule has 0 radical (unpaired) electrons. The largest absolute Gasteiger partial charge is 0.478 e. The summed E-state index contributed by atoms with van der Waals surface area (Å²) in [6.45, 7) is 7.02. The van der Waals surface area contributed by atoms with Crippen molar-refractivity contribution in [3.63, 3.8) is 0 Å². The molecule has 25 heavy (non-hydrogen) atoms. The van der Waals surface area contributed by atoms with Gasteiger partial charge in [-0.25, -0.2) is 4.79 Å². The highest BCUT2D eigenvalue weighted by atomic mass is 16.4. The van der Waals surface area contributed by atoms with Crippen LogP contribution >= 0.6 is 0 Å². The first-order valence-electron chi connectivity index (χ1n) is 8.53. The maximum Gasteiger partial charge on any atom is 0.339 e. The van der Waals surface area contributed by atoms with Gasteiger partial charge >= 0.3 is 5.97 Å². The van der Waals surface area contributed by atoms with E-state index in [1.54, 1.807) is 11.6 Å². The number of carbonyl (C=O) groups excluding carboxylic acids is 1. The third-order valence-corrected chi connectivity index (χ3v) is 5.07. The van der Waals surface area contributed by atoms with Crippen molar-refractivity contribution in [2.75, 3.05) is 13.1 Å². The van der Waals surface area contributed by atoms with Crippen LogP contribution in [0.25, 0.3) is 0 Å². The van der Waals surface area contributed by atoms with Gasteiger partial charge in [0, 0.05) is 18.7 Å². The number of aryl methyl sites for hydroxylation is 2. The summed E-state index contributed by atoms with van der Waals surface area (Å²) in [5.41, 5.74) is 3.72. The first kappa shape index (κ1) is 17.2. The highest BCUT2D eigenvalue weighted by Gasteiger charge is 2.28. The lowest BCUT2D eigenvalue weighted by Crippen LogP contribution is -2.40. The topological polar surface area (TPSA) is 75.4 Å². The fourth-order valence-electron chi connectivity index (χ4n) is 3.62. The maximum absolute atomic E-state index is 12.9. The molecule has 2 heterocycles. The molecule has 2 aromatic rings. The molecule has 1 saturated heterocycles. The zero-order valence-electron chi connectivity index (χ0n) is 14.8. The number of amides is 1. The van der Waals surface area contributed by atoms with E-state index >= 15 is 0 Å². The van der Waals surface area contributed by atoms with Crippen LogP contribution in [0, 0.1) is 20.8 Å². The summed E-state index contributed by atoms with van der Waals surface area (Å²) < 4.78 is 1.80. The Morgan fingerprint density at radius 2 is 1.72 bits per heavy atom. The second-order valence-corrected chi connectivity index (χ2v) is 6.68. The number of aromatic carboxylic acids is 1. The molecule has 1 aliphatic rings. The summed E-state index contributed by atoms with van der Waals surface area (Å²) in [5.74, 6) is -0.871. The Bertz CT molecular complexity index is 797. The number of hydrogen-bond donors (Lipinski definition) is 1. The van der Waals surface area contributed by atoms with E-state index in [0.717, 1.165) is 29.5 Å². The highest BCUT2D eigenvalue weighted by molar-refractivity contribution is 5.97. The number of carboxylic acid groups (broad SMARTS) is 1. The highest BCUT2D eigenvalue weighted by Crippen LogP contribution is 2.26. The van der Waals surface area contributed by atoms with Crippen molar-refractivity contribution in [3.05, 3.63) is 52.3 Å². The Labute approximate surface area is 147 Å². The van der Waals surface area contributed by atoms with Crippen LogP contribution in [0.15, 0.2) is 24.4 Å². The van der Waals surface area contributed by atoms with E-state index in [4.69, 9.17) is 5.11 Å². The van der Waals surface area contributed by atoms with Crippen molar-refractivity contribution in [3.8, 4) is 0 Å². The smallest absolute Gasteiger partial charge is 0.339 e. The van der Waals surface area contributed by atoms with Crippen LogP contribution in [0.2, 0.25) is 0 Å². The average molecular weight is 341 g/mol. The number of hydrogen-bond acceptors (Lipinski definition) is 3. The maximum atomic E-state index is 12.9. The number of nitrogens with zero attached hydrogens (tertiary/aromatic N) is 3. The fraction of sp³-hybridized carbons (Fsp3) is 0.421. The van der Waals surface area contributed by atoms with Crippen molar-refractivity contribution >= 4 is 11.9 Å². The van der Waals surface area contributed by atoms with E-state index in [0.29, 0.717) is 18.8 Å². The fourth-order valence-corrected chi connectivity index (χ4v) is 3.62. The van der Waals surface area contributed by atoms with Crippen molar-refractivity contribution < 1.29 is 14.7 Å². The van der Waals surface area contributed by atoms with Gasteiger partial charge < -0.3 is 10.0 Å². The molecule has 1 N–H and O–H groups in total. The third kappa shape index (κ3) is 3.16. The summed E-state index contributed by atoms with van der Waals surface area (Å²) in [6, 6.07) is 6.03. The van der Waals surface area contributed by atoms with Gasteiger partial charge in [0.25, 0.3) is 5.91 Å². The lowest BCUT2D eigenvalue weighted by atomic mass is 9.99. The van der Waals surface area contributed by atoms with Gasteiger partial charge in [0.2, 0.25) is 0 Å². The molecule has 6 heteroatoms. The number of benzene rings is 1. The molecular weight excluding hydrogens is 318 g/mol. The monoisotopic (exact) mass is 341 g/mol. The van der Waals surface area contributed by atoms with E-state index in [-0.39, 0.29) is 17.5 Å². The summed E-state index contributed by atoms with van der Waals surface area (Å²) in [5, 5.41) is 13.4. The number of rotatable bonds is 3. The number of aromatic nitrogens is 2. The van der Waals surface area contributed by atoms with Gasteiger partial charge in [-0.2, -0.15) is 5.10 Å². The molecule has 1 fully saturated rings. The van der Waals surface area contributed by atoms with Gasteiger partial charge in [0.1, 0.15) is 5.56 Å². The van der Waals surface area contributed by atoms with Crippen molar-refractivity contribution in [2.45, 2.75) is 39.7 Å². The molecule has 132 valence electrons. The van der Waals surface area contributed by atoms with Gasteiger partial charge in [-0.05, 0) is 44.7 Å². The Morgan fingerprint density at radius 1 is 1.12 bits per heavy atom. The molecule has 1 aliphatic heterocycles. The van der Waals surface area contributed by atoms with Crippen LogP contribution in [0.1, 0.15) is 56.4 Å². The van der Waals surface area contributed by atoms with E-state index in [1.807, 2.05) is 36.9 Å². The molecule has 0 spiro atoms. The van der Waals surface area contributed by atoms with Crippen LogP contribution in [0.3, 0.4) is 0 Å². The summed E-state index contributed by atoms with van der Waals surface area (Å²) in [4.78, 5) is 25.9. The molecule has 0 bridgehead atoms. The van der Waals surface area contributed by atoms with Gasteiger partial charge in [-0.15, -0.1) is 0 Å². The number of likely N-dealkylation sites (tertiary alicyclic amines) is 1. The summed E-state index contributed by atoms with van der Waals surface area (Å²) >= 11 is 0. The zero-order valence-corrected chi connectivity index (χ0v) is 14.8. The predicted octanol–water partition coefficient (Wildman–Crippen LogP) is 2.98. The minimum Gasteiger partial charge on any atom is -0.478 e. The zero-order chi connectivity index (χ0) is 18.1. The van der Waals surface area contributed by atoms with Crippen molar-refractivity contribution in [2.24, 2.45) is 0 Å². The van der Waals surface area contributed by atoms with Crippen molar-refractivity contribution in [1.29, 1.82) is 0 Å². The Morgan fingerprint density at radius 3 is 2.24 bits per heavy atom. The van der Waals surface area contributed by atoms with Crippen molar-refractivity contribution in [1.82, 2.24) is 14.7 Å². The standard InChI is InChI=1S/C19H23N3O3/c1-12-5-4-6-13(2)17(12)18(23)21-9-7-15(8-10-21)22-14(3)16(11-20-22)19(24)25/h4-6,11,15H,7-10H2,1-3H3,(H,24,25). The SMILES string of the molecule is Cc1cccc(C)c1C(=O)N1CCC(n2ncc(C(=O)O)c2C)CC1. The van der Waals surface area contributed by atoms with E-state index in [9.17, 15) is 9.59 Å². The molecule has 1 amide bonds. The lowest BCUT2D eigenvalue weighted by molar-refractivity contribution is 0.0686. The van der Waals surface area contributed by atoms with E-state index in [2.05, 4.69) is 5.10 Å². The molecule has 1 aromatic carbocycles. The molecule has 0 aliphatic carbocycles. The minimum absolute atomic E-state index is 0.0810. The Hall–Kier alpha value is -2.63. The first-order valence-corrected chi connectivity index (χ1v) is 8.53. The molecule has 6 nitrogen and oxygen atoms in total. The molecule has 0 saturated carbocycles. The Kier molecular flexibility index (Phi) is 4.61. The van der Waals surface area contributed by atoms with Crippen LogP contribution in [-0.2, 0) is 0 Å². The van der Waals surface area contributed by atoms with Gasteiger partial charge in [0.05, 0.1) is 17.9 Å². The second kappa shape index (κ2) is 6.70. The number of carboxylic acids is 1. The van der Waals surface area contributed by atoms with Crippen LogP contribution in [0.5, 0.6) is 0 Å². The Balaban J connectivity index is 1.72. The van der Waals surface area contributed by atoms with E-state index < -0.39 is 5.97 Å². The number of carbonyl (C=O) groups is 2. The third-order valence-electron chi connectivity index (χ3n) is 5.07. The lowest BCUT2D eigenvalue weighted by Gasteiger charge is -2.33. The molecule has 0 atom stereocenters. The average Bonchev–Trinajstić information content (AvgIpc) is 2.96. The summed E-state index contributed by atoms with van der Waals surface area (Å²) in [6.07, 6.45) is 2.96. The molecule has 1 aromatic heterocycles. The van der Waals surface area contributed by atoms with E-state index in [1.165, 1.54) is 6.20 Å². The number of piperidine rings is 1. The molecule has 3 rings (SSSR count). The first-order chi connectivity index (χ1) is 11.9. The van der Waals surface area contributed by atoms with Gasteiger partial charge in [0.15, 0.2) is 0 Å². The summed E-state index contributed by atoms with van der Waals surface area (Å²) in [7, 11) is 0. The second-order valence-electron chi connectivity index (χ2n) is 6.68. The van der Waals surface area contributed by atoms with Crippen LogP contribution in [0.4, 0.5) is 0 Å². The predicted molar refractivity (Wildman–Crippen MR) is 94.0 cm³/mol. The van der Waals surface area contributed by atoms with Gasteiger partial charge in [-0.3, -0.25) is 9.48 Å². The van der Waals surface area contributed by atoms with Gasteiger partial charge in [-0.1, -0.05) is 18.2 Å². The molecular formula is C19H23N3O3. The quantitative estimate of drug-likeness (QED) is 0.931. The van der Waals surface area contributed by atoms with Crippen LogP contribution in [-0.4, -0.2) is 44.8 Å². The normalized spacial score (nSPS) is 15.4.